The van der Waals surface area contributed by atoms with Crippen molar-refractivity contribution in [1.82, 2.24) is 15.3 Å². The second-order valence-electron chi connectivity index (χ2n) is 5.56. The zero-order chi connectivity index (χ0) is 14.8. The van der Waals surface area contributed by atoms with Gasteiger partial charge in [0.25, 0.3) is 0 Å². The molecule has 2 heterocycles. The first-order chi connectivity index (χ1) is 10.2. The number of rotatable bonds is 3. The highest BCUT2D eigenvalue weighted by Crippen LogP contribution is 2.24. The summed E-state index contributed by atoms with van der Waals surface area (Å²) in [6, 6.07) is 5.09. The van der Waals surface area contributed by atoms with Gasteiger partial charge in [0.1, 0.15) is 5.82 Å². The Morgan fingerprint density at radius 2 is 2.14 bits per heavy atom. The topological polar surface area (TPSA) is 37.8 Å². The number of nitrogens with one attached hydrogen (secondary N) is 1. The zero-order valence-corrected chi connectivity index (χ0v) is 12.5. The van der Waals surface area contributed by atoms with E-state index in [1.807, 2.05) is 6.07 Å². The fourth-order valence-electron chi connectivity index (χ4n) is 2.77. The van der Waals surface area contributed by atoms with Gasteiger partial charge in [-0.25, -0.2) is 14.4 Å². The van der Waals surface area contributed by atoms with Gasteiger partial charge in [-0.3, -0.25) is 0 Å². The lowest BCUT2D eigenvalue weighted by Gasteiger charge is -2.20. The predicted octanol–water partition coefficient (Wildman–Crippen LogP) is 3.19. The summed E-state index contributed by atoms with van der Waals surface area (Å²) in [5, 5.41) is 3.39. The van der Waals surface area contributed by atoms with Crippen LogP contribution in [0.1, 0.15) is 35.9 Å². The summed E-state index contributed by atoms with van der Waals surface area (Å²) in [5.41, 5.74) is 5.06. The Balaban J connectivity index is 2.09. The van der Waals surface area contributed by atoms with E-state index in [0.717, 1.165) is 55.1 Å². The van der Waals surface area contributed by atoms with Gasteiger partial charge in [0.2, 0.25) is 0 Å². The van der Waals surface area contributed by atoms with E-state index in [-0.39, 0.29) is 5.82 Å². The number of nitrogens with zero attached hydrogens (tertiary/aromatic N) is 2. The number of aromatic nitrogens is 2. The second-order valence-corrected chi connectivity index (χ2v) is 5.56. The summed E-state index contributed by atoms with van der Waals surface area (Å²) in [7, 11) is 0. The first-order valence-corrected chi connectivity index (χ1v) is 7.55. The molecule has 4 heteroatoms. The van der Waals surface area contributed by atoms with Crippen molar-refractivity contribution in [2.45, 2.75) is 39.7 Å². The molecule has 3 nitrogen and oxygen atoms in total. The monoisotopic (exact) mass is 285 g/mol. The molecule has 0 fully saturated rings. The highest BCUT2D eigenvalue weighted by Gasteiger charge is 2.17. The van der Waals surface area contributed by atoms with Gasteiger partial charge < -0.3 is 5.32 Å². The zero-order valence-electron chi connectivity index (χ0n) is 12.5. The van der Waals surface area contributed by atoms with Crippen molar-refractivity contribution in [3.8, 4) is 11.4 Å². The van der Waals surface area contributed by atoms with Crippen LogP contribution in [0.15, 0.2) is 18.2 Å². The molecule has 110 valence electrons. The number of halogens is 1. The Labute approximate surface area is 124 Å². The van der Waals surface area contributed by atoms with Gasteiger partial charge in [-0.15, -0.1) is 0 Å². The van der Waals surface area contributed by atoms with E-state index in [1.54, 1.807) is 13.0 Å². The van der Waals surface area contributed by atoms with Gasteiger partial charge in [-0.1, -0.05) is 13.3 Å². The van der Waals surface area contributed by atoms with Crippen molar-refractivity contribution in [1.29, 1.82) is 0 Å². The molecule has 0 radical (unpaired) electrons. The van der Waals surface area contributed by atoms with Crippen molar-refractivity contribution >= 4 is 0 Å². The Morgan fingerprint density at radius 1 is 1.29 bits per heavy atom. The fraction of sp³-hybridized carbons (Fsp3) is 0.412. The van der Waals surface area contributed by atoms with Crippen LogP contribution in [0.4, 0.5) is 4.39 Å². The molecular weight excluding hydrogens is 265 g/mol. The maximum Gasteiger partial charge on any atom is 0.159 e. The van der Waals surface area contributed by atoms with E-state index in [4.69, 9.17) is 9.97 Å². The van der Waals surface area contributed by atoms with Crippen LogP contribution in [-0.4, -0.2) is 16.5 Å². The molecule has 0 saturated carbocycles. The molecular formula is C17H20FN3. The smallest absolute Gasteiger partial charge is 0.159 e. The van der Waals surface area contributed by atoms with Crippen LogP contribution in [0.25, 0.3) is 11.4 Å². The average molecular weight is 285 g/mol. The van der Waals surface area contributed by atoms with Crippen molar-refractivity contribution in [3.05, 3.63) is 46.5 Å². The SMILES string of the molecule is CCCc1nc(-c2ccc(F)c(C)c2)nc2c1CNCC2. The molecule has 0 saturated heterocycles. The van der Waals surface area contributed by atoms with Crippen LogP contribution in [0.2, 0.25) is 0 Å². The summed E-state index contributed by atoms with van der Waals surface area (Å²) in [5.74, 6) is 0.539. The fourth-order valence-corrected chi connectivity index (χ4v) is 2.77. The first kappa shape index (κ1) is 14.1. The van der Waals surface area contributed by atoms with E-state index in [0.29, 0.717) is 5.56 Å². The summed E-state index contributed by atoms with van der Waals surface area (Å²) < 4.78 is 13.4. The predicted molar refractivity (Wildman–Crippen MR) is 81.6 cm³/mol. The maximum absolute atomic E-state index is 13.4. The molecule has 1 aromatic heterocycles. The molecule has 0 atom stereocenters. The largest absolute Gasteiger partial charge is 0.312 e. The Morgan fingerprint density at radius 3 is 2.90 bits per heavy atom. The third-order valence-electron chi connectivity index (χ3n) is 3.92. The van der Waals surface area contributed by atoms with Crippen LogP contribution in [0.3, 0.4) is 0 Å². The van der Waals surface area contributed by atoms with Crippen LogP contribution in [-0.2, 0) is 19.4 Å². The standard InChI is InChI=1S/C17H20FN3/c1-3-4-15-13-10-19-8-7-16(13)21-17(20-15)12-5-6-14(18)11(2)9-12/h5-6,9,19H,3-4,7-8,10H2,1-2H3. The quantitative estimate of drug-likeness (QED) is 0.941. The number of benzene rings is 1. The number of fused-ring (bicyclic) bond motifs is 1. The van der Waals surface area contributed by atoms with Crippen LogP contribution in [0.5, 0.6) is 0 Å². The van der Waals surface area contributed by atoms with Gasteiger partial charge in [0, 0.05) is 36.3 Å². The second kappa shape index (κ2) is 5.90. The van der Waals surface area contributed by atoms with E-state index >= 15 is 0 Å². The molecule has 2 aromatic rings. The molecule has 0 spiro atoms. The highest BCUT2D eigenvalue weighted by molar-refractivity contribution is 5.57. The van der Waals surface area contributed by atoms with E-state index in [2.05, 4.69) is 12.2 Å². The molecule has 1 N–H and O–H groups in total. The molecule has 0 unspecified atom stereocenters. The van der Waals surface area contributed by atoms with Crippen LogP contribution in [0, 0.1) is 12.7 Å². The summed E-state index contributed by atoms with van der Waals surface area (Å²) >= 11 is 0. The highest BCUT2D eigenvalue weighted by atomic mass is 19.1. The molecule has 1 aromatic carbocycles. The molecule has 21 heavy (non-hydrogen) atoms. The Bertz CT molecular complexity index is 667. The molecule has 0 amide bonds. The molecule has 1 aliphatic heterocycles. The minimum Gasteiger partial charge on any atom is -0.312 e. The van der Waals surface area contributed by atoms with Gasteiger partial charge in [0.15, 0.2) is 5.82 Å². The maximum atomic E-state index is 13.4. The van der Waals surface area contributed by atoms with Crippen molar-refractivity contribution in [2.75, 3.05) is 6.54 Å². The van der Waals surface area contributed by atoms with Gasteiger partial charge >= 0.3 is 0 Å². The van der Waals surface area contributed by atoms with Crippen molar-refractivity contribution in [3.63, 3.8) is 0 Å². The molecule has 3 rings (SSSR count). The van der Waals surface area contributed by atoms with Gasteiger partial charge in [-0.2, -0.15) is 0 Å². The minimum absolute atomic E-state index is 0.185. The van der Waals surface area contributed by atoms with E-state index in [9.17, 15) is 4.39 Å². The third-order valence-corrected chi connectivity index (χ3v) is 3.92. The minimum atomic E-state index is -0.185. The van der Waals surface area contributed by atoms with Crippen LogP contribution < -0.4 is 5.32 Å². The van der Waals surface area contributed by atoms with Crippen LogP contribution >= 0.6 is 0 Å². The summed E-state index contributed by atoms with van der Waals surface area (Å²) in [6.07, 6.45) is 2.95. The Hall–Kier alpha value is -1.81. The van der Waals surface area contributed by atoms with Crippen molar-refractivity contribution < 1.29 is 4.39 Å². The lowest BCUT2D eigenvalue weighted by molar-refractivity contribution is 0.614. The van der Waals surface area contributed by atoms with Gasteiger partial charge in [0.05, 0.1) is 5.69 Å². The van der Waals surface area contributed by atoms with E-state index in [1.165, 1.54) is 11.6 Å². The normalized spacial score (nSPS) is 14.0. The summed E-state index contributed by atoms with van der Waals surface area (Å²) in [4.78, 5) is 9.47. The third kappa shape index (κ3) is 2.81. The first-order valence-electron chi connectivity index (χ1n) is 7.55. The molecule has 0 bridgehead atoms. The number of aryl methyl sites for hydroxylation is 2. The molecule has 0 aliphatic carbocycles. The van der Waals surface area contributed by atoms with Crippen molar-refractivity contribution in [2.24, 2.45) is 0 Å². The lowest BCUT2D eigenvalue weighted by atomic mass is 10.0. The number of hydrogen-bond donors (Lipinski definition) is 1. The summed E-state index contributed by atoms with van der Waals surface area (Å²) in [6.45, 7) is 5.74. The van der Waals surface area contributed by atoms with Gasteiger partial charge in [-0.05, 0) is 37.1 Å². The molecule has 1 aliphatic rings. The van der Waals surface area contributed by atoms with E-state index < -0.39 is 0 Å². The Kier molecular flexibility index (Phi) is 3.97. The average Bonchev–Trinajstić information content (AvgIpc) is 2.50. The number of hydrogen-bond acceptors (Lipinski definition) is 3. The lowest BCUT2D eigenvalue weighted by Crippen LogP contribution is -2.26.